The highest BCUT2D eigenvalue weighted by molar-refractivity contribution is 5.88. The Hall–Kier alpha value is -1.55. The van der Waals surface area contributed by atoms with Crippen LogP contribution in [0.1, 0.15) is 25.3 Å². The van der Waals surface area contributed by atoms with Crippen molar-refractivity contribution in [2.24, 2.45) is 11.7 Å². The van der Waals surface area contributed by atoms with Gasteiger partial charge in [-0.05, 0) is 44.0 Å². The minimum Gasteiger partial charge on any atom is -0.371 e. The van der Waals surface area contributed by atoms with Crippen LogP contribution in [0.2, 0.25) is 0 Å². The predicted molar refractivity (Wildman–Crippen MR) is 78.0 cm³/mol. The van der Waals surface area contributed by atoms with Gasteiger partial charge in [-0.3, -0.25) is 4.79 Å². The lowest BCUT2D eigenvalue weighted by molar-refractivity contribution is -0.125. The Morgan fingerprint density at radius 2 is 2.37 bits per heavy atom. The molecule has 0 aliphatic carbocycles. The van der Waals surface area contributed by atoms with Crippen molar-refractivity contribution in [3.63, 3.8) is 0 Å². The number of hydrogen-bond donors (Lipinski definition) is 3. The van der Waals surface area contributed by atoms with Crippen molar-refractivity contribution in [3.05, 3.63) is 29.8 Å². The van der Waals surface area contributed by atoms with E-state index in [0.29, 0.717) is 0 Å². The first-order valence-electron chi connectivity index (χ1n) is 6.94. The summed E-state index contributed by atoms with van der Waals surface area (Å²) in [5.41, 5.74) is 7.24. The predicted octanol–water partition coefficient (Wildman–Crippen LogP) is 1.65. The molecule has 19 heavy (non-hydrogen) atoms. The molecule has 1 amide bonds. The maximum Gasteiger partial charge on any atom is 0.243 e. The van der Waals surface area contributed by atoms with Gasteiger partial charge < -0.3 is 16.4 Å². The van der Waals surface area contributed by atoms with Gasteiger partial charge in [0.1, 0.15) is 5.54 Å². The number of aryl methyl sites for hydroxylation is 1. The minimum absolute atomic E-state index is 0.222. The normalized spacial score (nSPS) is 26.9. The summed E-state index contributed by atoms with van der Waals surface area (Å²) in [6, 6.07) is 8.09. The fourth-order valence-corrected chi connectivity index (χ4v) is 2.96. The second kappa shape index (κ2) is 5.61. The van der Waals surface area contributed by atoms with E-state index >= 15 is 0 Å². The Balaban J connectivity index is 2.31. The van der Waals surface area contributed by atoms with Gasteiger partial charge in [0.2, 0.25) is 5.91 Å². The first-order valence-corrected chi connectivity index (χ1v) is 6.94. The number of rotatable bonds is 4. The Kier molecular flexibility index (Phi) is 4.10. The van der Waals surface area contributed by atoms with Crippen LogP contribution in [-0.2, 0) is 4.79 Å². The van der Waals surface area contributed by atoms with Gasteiger partial charge in [0.25, 0.3) is 0 Å². The van der Waals surface area contributed by atoms with Crippen LogP contribution in [0, 0.1) is 12.8 Å². The van der Waals surface area contributed by atoms with E-state index in [2.05, 4.69) is 23.6 Å². The van der Waals surface area contributed by atoms with Gasteiger partial charge in [-0.1, -0.05) is 19.1 Å². The number of anilines is 1. The molecule has 1 aromatic rings. The number of carbonyl (C=O) groups excluding carboxylic acids is 1. The van der Waals surface area contributed by atoms with Crippen molar-refractivity contribution in [2.45, 2.75) is 32.2 Å². The number of benzene rings is 1. The van der Waals surface area contributed by atoms with Crippen molar-refractivity contribution < 1.29 is 4.79 Å². The summed E-state index contributed by atoms with van der Waals surface area (Å²) in [6.07, 6.45) is 1.66. The average molecular weight is 261 g/mol. The van der Waals surface area contributed by atoms with Crippen LogP contribution in [0.5, 0.6) is 0 Å². The van der Waals surface area contributed by atoms with E-state index in [9.17, 15) is 4.79 Å². The number of carbonyl (C=O) groups is 1. The number of nitrogens with two attached hydrogens (primary N) is 1. The molecular formula is C15H23N3O. The molecule has 4 N–H and O–H groups in total. The average Bonchev–Trinajstić information content (AvgIpc) is 2.39. The van der Waals surface area contributed by atoms with Gasteiger partial charge in [-0.2, -0.15) is 0 Å². The van der Waals surface area contributed by atoms with E-state index in [0.717, 1.165) is 31.6 Å². The number of amides is 1. The topological polar surface area (TPSA) is 67.2 Å². The largest absolute Gasteiger partial charge is 0.371 e. The summed E-state index contributed by atoms with van der Waals surface area (Å²) >= 11 is 0. The maximum absolute atomic E-state index is 12.1. The monoisotopic (exact) mass is 261 g/mol. The van der Waals surface area contributed by atoms with E-state index in [4.69, 9.17) is 5.73 Å². The Morgan fingerprint density at radius 3 is 3.00 bits per heavy atom. The quantitative estimate of drug-likeness (QED) is 0.772. The molecule has 2 rings (SSSR count). The van der Waals surface area contributed by atoms with E-state index in [1.807, 2.05) is 25.1 Å². The molecule has 0 spiro atoms. The number of hydrogen-bond acceptors (Lipinski definition) is 3. The molecule has 1 saturated heterocycles. The van der Waals surface area contributed by atoms with Gasteiger partial charge in [0.05, 0.1) is 0 Å². The molecular weight excluding hydrogens is 238 g/mol. The van der Waals surface area contributed by atoms with E-state index in [1.165, 1.54) is 5.56 Å². The van der Waals surface area contributed by atoms with E-state index in [1.54, 1.807) is 0 Å². The van der Waals surface area contributed by atoms with Crippen LogP contribution < -0.4 is 16.4 Å². The van der Waals surface area contributed by atoms with Crippen LogP contribution in [0.3, 0.4) is 0 Å². The van der Waals surface area contributed by atoms with Crippen molar-refractivity contribution >= 4 is 11.6 Å². The van der Waals surface area contributed by atoms with Crippen LogP contribution in [0.4, 0.5) is 5.69 Å². The number of primary amides is 1. The summed E-state index contributed by atoms with van der Waals surface area (Å²) in [7, 11) is 0. The molecule has 4 nitrogen and oxygen atoms in total. The second-order valence-electron chi connectivity index (χ2n) is 5.39. The maximum atomic E-state index is 12.1. The first kappa shape index (κ1) is 13.9. The molecule has 2 unspecified atom stereocenters. The van der Waals surface area contributed by atoms with Gasteiger partial charge in [0, 0.05) is 18.2 Å². The summed E-state index contributed by atoms with van der Waals surface area (Å²) in [6.45, 7) is 5.80. The lowest BCUT2D eigenvalue weighted by Crippen LogP contribution is -2.62. The van der Waals surface area contributed by atoms with Crippen molar-refractivity contribution in [1.29, 1.82) is 0 Å². The minimum atomic E-state index is -0.631. The molecule has 4 heteroatoms. The van der Waals surface area contributed by atoms with Crippen molar-refractivity contribution in [3.8, 4) is 0 Å². The molecule has 1 aromatic carbocycles. The number of nitrogens with one attached hydrogen (secondary N) is 2. The molecule has 0 radical (unpaired) electrons. The molecule has 2 atom stereocenters. The van der Waals surface area contributed by atoms with Gasteiger partial charge in [-0.15, -0.1) is 0 Å². The van der Waals surface area contributed by atoms with E-state index < -0.39 is 5.54 Å². The Bertz CT molecular complexity index is 460. The zero-order valence-electron chi connectivity index (χ0n) is 11.7. The fraction of sp³-hybridized carbons (Fsp3) is 0.533. The molecule has 1 fully saturated rings. The summed E-state index contributed by atoms with van der Waals surface area (Å²) in [5.74, 6) is -0.0263. The molecule has 0 saturated carbocycles. The van der Waals surface area contributed by atoms with Crippen molar-refractivity contribution in [2.75, 3.05) is 18.4 Å². The molecule has 0 bridgehead atoms. The standard InChI is InChI=1S/C15H23N3O/c1-3-12-10-17-8-7-15(12,14(16)19)18-13-6-4-5-11(2)9-13/h4-6,9,12,17-18H,3,7-8,10H2,1-2H3,(H2,16,19). The summed E-state index contributed by atoms with van der Waals surface area (Å²) in [4.78, 5) is 12.1. The third-order valence-electron chi connectivity index (χ3n) is 4.10. The Labute approximate surface area is 114 Å². The van der Waals surface area contributed by atoms with E-state index in [-0.39, 0.29) is 11.8 Å². The fourth-order valence-electron chi connectivity index (χ4n) is 2.96. The highest BCUT2D eigenvalue weighted by atomic mass is 16.1. The molecule has 1 heterocycles. The number of piperidine rings is 1. The van der Waals surface area contributed by atoms with Crippen LogP contribution in [-0.4, -0.2) is 24.5 Å². The summed E-state index contributed by atoms with van der Waals surface area (Å²) < 4.78 is 0. The van der Waals surface area contributed by atoms with Gasteiger partial charge in [0.15, 0.2) is 0 Å². The molecule has 1 aliphatic heterocycles. The SMILES string of the molecule is CCC1CNCCC1(Nc1cccc(C)c1)C(N)=O. The Morgan fingerprint density at radius 1 is 1.58 bits per heavy atom. The lowest BCUT2D eigenvalue weighted by atomic mass is 9.76. The van der Waals surface area contributed by atoms with Gasteiger partial charge >= 0.3 is 0 Å². The molecule has 104 valence electrons. The van der Waals surface area contributed by atoms with Crippen LogP contribution in [0.15, 0.2) is 24.3 Å². The van der Waals surface area contributed by atoms with Crippen LogP contribution >= 0.6 is 0 Å². The highest BCUT2D eigenvalue weighted by Gasteiger charge is 2.44. The zero-order valence-corrected chi connectivity index (χ0v) is 11.7. The van der Waals surface area contributed by atoms with Crippen LogP contribution in [0.25, 0.3) is 0 Å². The molecule has 0 aromatic heterocycles. The third-order valence-corrected chi connectivity index (χ3v) is 4.10. The third kappa shape index (κ3) is 2.73. The van der Waals surface area contributed by atoms with Gasteiger partial charge in [-0.25, -0.2) is 0 Å². The smallest absolute Gasteiger partial charge is 0.243 e. The first-order chi connectivity index (χ1) is 9.08. The zero-order chi connectivity index (χ0) is 13.9. The highest BCUT2D eigenvalue weighted by Crippen LogP contribution is 2.31. The van der Waals surface area contributed by atoms with Crippen molar-refractivity contribution in [1.82, 2.24) is 5.32 Å². The molecule has 1 aliphatic rings. The summed E-state index contributed by atoms with van der Waals surface area (Å²) in [5, 5.41) is 6.77. The lowest BCUT2D eigenvalue weighted by Gasteiger charge is -2.43. The second-order valence-corrected chi connectivity index (χ2v) is 5.39.